The SMILES string of the molecule is C=C(O)C(c1ccccc1)n1ccc2[nH]ncc2c1=S. The van der Waals surface area contributed by atoms with Crippen molar-refractivity contribution >= 4 is 23.1 Å². The van der Waals surface area contributed by atoms with Gasteiger partial charge in [0.2, 0.25) is 0 Å². The van der Waals surface area contributed by atoms with Gasteiger partial charge in [0.05, 0.1) is 17.1 Å². The number of rotatable bonds is 3. The van der Waals surface area contributed by atoms with E-state index in [-0.39, 0.29) is 5.76 Å². The highest BCUT2D eigenvalue weighted by Gasteiger charge is 2.17. The Bertz CT molecular complexity index is 820. The zero-order valence-corrected chi connectivity index (χ0v) is 11.5. The number of pyridine rings is 1. The first-order valence-corrected chi connectivity index (χ1v) is 6.56. The van der Waals surface area contributed by atoms with Crippen molar-refractivity contribution in [3.63, 3.8) is 0 Å². The second-order valence-corrected chi connectivity index (χ2v) is 4.92. The van der Waals surface area contributed by atoms with E-state index in [0.29, 0.717) is 4.64 Å². The number of aliphatic hydroxyl groups is 1. The molecule has 1 unspecified atom stereocenters. The van der Waals surface area contributed by atoms with Crippen LogP contribution in [0.2, 0.25) is 0 Å². The average Bonchev–Trinajstić information content (AvgIpc) is 2.92. The van der Waals surface area contributed by atoms with Gasteiger partial charge in [-0.1, -0.05) is 49.1 Å². The molecule has 3 rings (SSSR count). The molecule has 0 saturated heterocycles. The summed E-state index contributed by atoms with van der Waals surface area (Å²) < 4.78 is 2.44. The molecule has 0 bridgehead atoms. The van der Waals surface area contributed by atoms with Crippen LogP contribution in [-0.4, -0.2) is 19.9 Å². The summed E-state index contributed by atoms with van der Waals surface area (Å²) in [5.74, 6) is 0.0511. The van der Waals surface area contributed by atoms with E-state index in [0.717, 1.165) is 16.5 Å². The minimum absolute atomic E-state index is 0.0511. The fourth-order valence-corrected chi connectivity index (χ4v) is 2.64. The molecule has 3 aromatic rings. The molecule has 0 aliphatic rings. The number of aromatic amines is 1. The Morgan fingerprint density at radius 1 is 1.30 bits per heavy atom. The number of fused-ring (bicyclic) bond motifs is 1. The van der Waals surface area contributed by atoms with Crippen molar-refractivity contribution < 1.29 is 5.11 Å². The Labute approximate surface area is 121 Å². The Hall–Kier alpha value is -2.40. The van der Waals surface area contributed by atoms with Crippen LogP contribution in [0.1, 0.15) is 11.6 Å². The molecule has 0 spiro atoms. The summed E-state index contributed by atoms with van der Waals surface area (Å²) >= 11 is 5.49. The fourth-order valence-electron chi connectivity index (χ4n) is 2.31. The molecule has 2 N–H and O–H groups in total. The number of hydrogen-bond donors (Lipinski definition) is 2. The van der Waals surface area contributed by atoms with E-state index >= 15 is 0 Å². The van der Waals surface area contributed by atoms with Crippen LogP contribution < -0.4 is 0 Å². The lowest BCUT2D eigenvalue weighted by molar-refractivity contribution is 0.351. The quantitative estimate of drug-likeness (QED) is 0.568. The monoisotopic (exact) mass is 283 g/mol. The topological polar surface area (TPSA) is 53.8 Å². The molecule has 0 aliphatic heterocycles. The summed E-state index contributed by atoms with van der Waals surface area (Å²) in [6.45, 7) is 3.68. The maximum atomic E-state index is 9.98. The number of aliphatic hydroxyl groups excluding tert-OH is 1. The summed E-state index contributed by atoms with van der Waals surface area (Å²) in [5, 5.41) is 17.7. The molecule has 1 aromatic carbocycles. The van der Waals surface area contributed by atoms with E-state index < -0.39 is 6.04 Å². The van der Waals surface area contributed by atoms with E-state index in [1.165, 1.54) is 0 Å². The predicted octanol–water partition coefficient (Wildman–Crippen LogP) is 3.75. The lowest BCUT2D eigenvalue weighted by Crippen LogP contribution is -2.13. The lowest BCUT2D eigenvalue weighted by atomic mass is 10.1. The van der Waals surface area contributed by atoms with Gasteiger partial charge in [-0.3, -0.25) is 5.10 Å². The summed E-state index contributed by atoms with van der Waals surface area (Å²) in [4.78, 5) is 0. The summed E-state index contributed by atoms with van der Waals surface area (Å²) in [6, 6.07) is 11.1. The van der Waals surface area contributed by atoms with Crippen LogP contribution in [-0.2, 0) is 0 Å². The Morgan fingerprint density at radius 3 is 2.75 bits per heavy atom. The molecule has 2 heterocycles. The van der Waals surface area contributed by atoms with Crippen molar-refractivity contribution in [3.05, 3.63) is 71.3 Å². The van der Waals surface area contributed by atoms with Gasteiger partial charge in [-0.15, -0.1) is 0 Å². The highest BCUT2D eigenvalue weighted by Crippen LogP contribution is 2.26. The minimum Gasteiger partial charge on any atom is -0.510 e. The molecule has 2 aromatic heterocycles. The normalized spacial score (nSPS) is 12.4. The molecule has 0 fully saturated rings. The maximum Gasteiger partial charge on any atom is 0.117 e. The third kappa shape index (κ3) is 2.02. The lowest BCUT2D eigenvalue weighted by Gasteiger charge is -2.20. The second-order valence-electron chi connectivity index (χ2n) is 4.53. The standard InChI is InChI=1S/C15H13N3OS/c1-10(19)14(11-5-3-2-4-6-11)18-8-7-13-12(15(18)20)9-16-17-13/h2-9,14,19H,1H2,(H,16,17). The van der Waals surface area contributed by atoms with E-state index in [1.807, 2.05) is 47.2 Å². The minimum atomic E-state index is -0.400. The summed E-state index contributed by atoms with van der Waals surface area (Å²) in [7, 11) is 0. The molecule has 1 atom stereocenters. The first kappa shape index (κ1) is 12.6. The van der Waals surface area contributed by atoms with Gasteiger partial charge in [-0.2, -0.15) is 5.10 Å². The number of benzene rings is 1. The fraction of sp³-hybridized carbons (Fsp3) is 0.0667. The van der Waals surface area contributed by atoms with Gasteiger partial charge in [-0.05, 0) is 11.6 Å². The first-order valence-electron chi connectivity index (χ1n) is 6.15. The summed E-state index contributed by atoms with van der Waals surface area (Å²) in [5.41, 5.74) is 1.81. The number of nitrogens with one attached hydrogen (secondary N) is 1. The van der Waals surface area contributed by atoms with Crippen LogP contribution in [0.15, 0.2) is 61.1 Å². The highest BCUT2D eigenvalue weighted by atomic mass is 32.1. The zero-order chi connectivity index (χ0) is 14.1. The molecule has 5 heteroatoms. The number of aromatic nitrogens is 3. The van der Waals surface area contributed by atoms with Crippen LogP contribution in [0.4, 0.5) is 0 Å². The van der Waals surface area contributed by atoms with Crippen LogP contribution in [0.25, 0.3) is 10.9 Å². The largest absolute Gasteiger partial charge is 0.510 e. The molecule has 0 aliphatic carbocycles. The van der Waals surface area contributed by atoms with Gasteiger partial charge >= 0.3 is 0 Å². The second kappa shape index (κ2) is 4.94. The molecular weight excluding hydrogens is 270 g/mol. The number of nitrogens with zero attached hydrogens (tertiary/aromatic N) is 2. The zero-order valence-electron chi connectivity index (χ0n) is 10.7. The van der Waals surface area contributed by atoms with Crippen molar-refractivity contribution in [2.24, 2.45) is 0 Å². The average molecular weight is 283 g/mol. The third-order valence-electron chi connectivity index (χ3n) is 3.24. The van der Waals surface area contributed by atoms with E-state index in [1.54, 1.807) is 6.20 Å². The van der Waals surface area contributed by atoms with Gasteiger partial charge in [0, 0.05) is 6.20 Å². The van der Waals surface area contributed by atoms with Gasteiger partial charge in [0.15, 0.2) is 0 Å². The van der Waals surface area contributed by atoms with Crippen molar-refractivity contribution in [2.45, 2.75) is 6.04 Å². The van der Waals surface area contributed by atoms with Crippen LogP contribution in [0.3, 0.4) is 0 Å². The molecular formula is C15H13N3OS. The van der Waals surface area contributed by atoms with Gasteiger partial charge in [0.1, 0.15) is 16.4 Å². The number of H-pyrrole nitrogens is 1. The predicted molar refractivity (Wildman–Crippen MR) is 81.3 cm³/mol. The van der Waals surface area contributed by atoms with E-state index in [9.17, 15) is 5.11 Å². The third-order valence-corrected chi connectivity index (χ3v) is 3.68. The number of hydrogen-bond acceptors (Lipinski definition) is 3. The first-order chi connectivity index (χ1) is 9.68. The number of allylic oxidation sites excluding steroid dienone is 1. The summed E-state index contributed by atoms with van der Waals surface area (Å²) in [6.07, 6.45) is 3.53. The molecule has 0 saturated carbocycles. The van der Waals surface area contributed by atoms with Crippen molar-refractivity contribution in [3.8, 4) is 0 Å². The molecule has 0 amide bonds. The van der Waals surface area contributed by atoms with Crippen LogP contribution >= 0.6 is 12.2 Å². The van der Waals surface area contributed by atoms with Crippen molar-refractivity contribution in [2.75, 3.05) is 0 Å². The van der Waals surface area contributed by atoms with E-state index in [2.05, 4.69) is 16.8 Å². The van der Waals surface area contributed by atoms with Crippen molar-refractivity contribution in [1.29, 1.82) is 0 Å². The molecule has 20 heavy (non-hydrogen) atoms. The van der Waals surface area contributed by atoms with Gasteiger partial charge < -0.3 is 9.67 Å². The smallest absolute Gasteiger partial charge is 0.117 e. The highest BCUT2D eigenvalue weighted by molar-refractivity contribution is 7.71. The Morgan fingerprint density at radius 2 is 2.05 bits per heavy atom. The maximum absolute atomic E-state index is 9.98. The van der Waals surface area contributed by atoms with Crippen molar-refractivity contribution in [1.82, 2.24) is 14.8 Å². The molecule has 0 radical (unpaired) electrons. The molecule has 4 nitrogen and oxygen atoms in total. The van der Waals surface area contributed by atoms with Gasteiger partial charge in [0.25, 0.3) is 0 Å². The Balaban J connectivity index is 2.23. The van der Waals surface area contributed by atoms with E-state index in [4.69, 9.17) is 12.2 Å². The van der Waals surface area contributed by atoms with Gasteiger partial charge in [-0.25, -0.2) is 0 Å². The Kier molecular flexibility index (Phi) is 3.12. The van der Waals surface area contributed by atoms with Crippen LogP contribution in [0, 0.1) is 4.64 Å². The van der Waals surface area contributed by atoms with Crippen LogP contribution in [0.5, 0.6) is 0 Å². The molecule has 100 valence electrons.